The zero-order valence-electron chi connectivity index (χ0n) is 16.2. The summed E-state index contributed by atoms with van der Waals surface area (Å²) < 4.78 is 7.60. The van der Waals surface area contributed by atoms with Gasteiger partial charge in [0.1, 0.15) is 0 Å². The maximum Gasteiger partial charge on any atom is 0.245 e. The molecule has 0 unspecified atom stereocenters. The van der Waals surface area contributed by atoms with E-state index in [1.54, 1.807) is 18.8 Å². The monoisotopic (exact) mass is 413 g/mol. The molecule has 0 aliphatic rings. The summed E-state index contributed by atoms with van der Waals surface area (Å²) in [4.78, 5) is 11.8. The van der Waals surface area contributed by atoms with Crippen LogP contribution in [0.15, 0.2) is 66.9 Å². The van der Waals surface area contributed by atoms with E-state index in [0.717, 1.165) is 16.8 Å². The molecule has 29 heavy (non-hydrogen) atoms. The Morgan fingerprint density at radius 3 is 2.52 bits per heavy atom. The van der Waals surface area contributed by atoms with Gasteiger partial charge >= 0.3 is 0 Å². The summed E-state index contributed by atoms with van der Waals surface area (Å²) in [5, 5.41) is 14.1. The van der Waals surface area contributed by atoms with Gasteiger partial charge in [0.25, 0.3) is 0 Å². The normalized spacial score (nSPS) is 13.1. The number of hydroxylamine groups is 1. The Labute approximate surface area is 175 Å². The maximum absolute atomic E-state index is 11.8. The van der Waals surface area contributed by atoms with Gasteiger partial charge in [0.2, 0.25) is 5.91 Å². The van der Waals surface area contributed by atoms with E-state index < -0.39 is 12.0 Å². The number of hydrogen-bond acceptors (Lipinski definition) is 4. The Morgan fingerprint density at radius 2 is 1.86 bits per heavy atom. The van der Waals surface area contributed by atoms with Crippen LogP contribution < -0.4 is 5.48 Å². The Kier molecular flexibility index (Phi) is 7.41. The molecule has 0 spiro atoms. The first-order valence-electron chi connectivity index (χ1n) is 9.36. The van der Waals surface area contributed by atoms with Crippen LogP contribution in [0, 0.1) is 0 Å². The minimum absolute atomic E-state index is 0.0295. The molecule has 6 nitrogen and oxygen atoms in total. The van der Waals surface area contributed by atoms with E-state index >= 15 is 0 Å². The summed E-state index contributed by atoms with van der Waals surface area (Å²) in [5.74, 6) is -0.642. The fraction of sp³-hybridized carbons (Fsp3) is 0.273. The van der Waals surface area contributed by atoms with E-state index in [1.807, 2.05) is 65.3 Å². The first-order valence-corrected chi connectivity index (χ1v) is 9.74. The number of amides is 1. The second-order valence-electron chi connectivity index (χ2n) is 6.85. The molecule has 2 N–H and O–H groups in total. The molecule has 0 saturated carbocycles. The second-order valence-corrected chi connectivity index (χ2v) is 7.29. The van der Waals surface area contributed by atoms with Crippen molar-refractivity contribution in [2.24, 2.45) is 0 Å². The number of halogens is 1. The van der Waals surface area contributed by atoms with Crippen LogP contribution in [-0.2, 0) is 22.5 Å². The predicted molar refractivity (Wildman–Crippen MR) is 111 cm³/mol. The van der Waals surface area contributed by atoms with Crippen LogP contribution in [0.3, 0.4) is 0 Å². The van der Waals surface area contributed by atoms with Gasteiger partial charge in [0, 0.05) is 29.9 Å². The third kappa shape index (κ3) is 5.67. The minimum atomic E-state index is -0.493. The number of methoxy groups -OCH3 is 1. The van der Waals surface area contributed by atoms with Gasteiger partial charge in [-0.1, -0.05) is 54.1 Å². The fourth-order valence-electron chi connectivity index (χ4n) is 3.47. The van der Waals surface area contributed by atoms with Crippen molar-refractivity contribution in [1.29, 1.82) is 0 Å². The number of nitrogens with one attached hydrogen (secondary N) is 1. The summed E-state index contributed by atoms with van der Waals surface area (Å²) in [7, 11) is 1.57. The Balaban J connectivity index is 1.93. The van der Waals surface area contributed by atoms with Crippen molar-refractivity contribution in [2.75, 3.05) is 7.11 Å². The zero-order chi connectivity index (χ0) is 20.6. The molecule has 0 saturated heterocycles. The van der Waals surface area contributed by atoms with Crippen molar-refractivity contribution in [1.82, 2.24) is 15.3 Å². The molecule has 2 atom stereocenters. The van der Waals surface area contributed by atoms with Crippen LogP contribution in [0.2, 0.25) is 5.02 Å². The highest BCUT2D eigenvalue weighted by molar-refractivity contribution is 6.30. The Bertz CT molecular complexity index is 913. The quantitative estimate of drug-likeness (QED) is 0.413. The summed E-state index contributed by atoms with van der Waals surface area (Å²) in [5.41, 5.74) is 4.85. The number of rotatable bonds is 9. The number of aromatic nitrogens is 2. The van der Waals surface area contributed by atoms with E-state index in [0.29, 0.717) is 18.0 Å². The van der Waals surface area contributed by atoms with Gasteiger partial charge in [-0.25, -0.2) is 5.48 Å². The SMILES string of the molecule is CO[C@H](CC(=O)NO)[C@H](Cc1ccc(Cl)cc1)c1ccnn1Cc1ccccc1. The first-order chi connectivity index (χ1) is 14.1. The molecule has 1 heterocycles. The summed E-state index contributed by atoms with van der Waals surface area (Å²) in [6.45, 7) is 0.614. The zero-order valence-corrected chi connectivity index (χ0v) is 16.9. The van der Waals surface area contributed by atoms with Gasteiger partial charge < -0.3 is 4.74 Å². The highest BCUT2D eigenvalue weighted by atomic mass is 35.5. The number of hydrogen-bond donors (Lipinski definition) is 2. The largest absolute Gasteiger partial charge is 0.380 e. The third-order valence-electron chi connectivity index (χ3n) is 4.94. The van der Waals surface area contributed by atoms with Crippen LogP contribution in [0.5, 0.6) is 0 Å². The average Bonchev–Trinajstić information content (AvgIpc) is 3.20. The maximum atomic E-state index is 11.8. The van der Waals surface area contributed by atoms with Crippen LogP contribution in [0.1, 0.15) is 29.2 Å². The van der Waals surface area contributed by atoms with E-state index in [4.69, 9.17) is 21.5 Å². The predicted octanol–water partition coefficient (Wildman–Crippen LogP) is 3.82. The van der Waals surface area contributed by atoms with Gasteiger partial charge in [-0.2, -0.15) is 5.10 Å². The lowest BCUT2D eigenvalue weighted by atomic mass is 9.88. The van der Waals surface area contributed by atoms with Gasteiger partial charge in [-0.15, -0.1) is 0 Å². The molecule has 1 aromatic heterocycles. The lowest BCUT2D eigenvalue weighted by Gasteiger charge is -2.26. The molecule has 1 amide bonds. The molecular weight excluding hydrogens is 390 g/mol. The second kappa shape index (κ2) is 10.2. The third-order valence-corrected chi connectivity index (χ3v) is 5.19. The van der Waals surface area contributed by atoms with Crippen LogP contribution >= 0.6 is 11.6 Å². The smallest absolute Gasteiger partial charge is 0.245 e. The summed E-state index contributed by atoms with van der Waals surface area (Å²) in [6, 6.07) is 19.6. The molecule has 2 aromatic carbocycles. The minimum Gasteiger partial charge on any atom is -0.380 e. The highest BCUT2D eigenvalue weighted by Crippen LogP contribution is 2.29. The summed E-state index contributed by atoms with van der Waals surface area (Å²) >= 11 is 6.02. The lowest BCUT2D eigenvalue weighted by molar-refractivity contribution is -0.132. The highest BCUT2D eigenvalue weighted by Gasteiger charge is 2.28. The molecule has 0 aliphatic heterocycles. The van der Waals surface area contributed by atoms with E-state index in [2.05, 4.69) is 5.10 Å². The molecule has 0 radical (unpaired) electrons. The van der Waals surface area contributed by atoms with Crippen LogP contribution in [0.4, 0.5) is 0 Å². The molecule has 7 heteroatoms. The Morgan fingerprint density at radius 1 is 1.14 bits per heavy atom. The topological polar surface area (TPSA) is 76.4 Å². The van der Waals surface area contributed by atoms with Gasteiger partial charge in [0.15, 0.2) is 0 Å². The van der Waals surface area contributed by atoms with Gasteiger partial charge in [-0.3, -0.25) is 14.7 Å². The van der Waals surface area contributed by atoms with E-state index in [9.17, 15) is 4.79 Å². The number of ether oxygens (including phenoxy) is 1. The van der Waals surface area contributed by atoms with Crippen molar-refractivity contribution in [3.8, 4) is 0 Å². The molecule has 0 aliphatic carbocycles. The molecule has 152 valence electrons. The summed E-state index contributed by atoms with van der Waals surface area (Å²) in [6.07, 6.45) is 1.98. The molecule has 0 bridgehead atoms. The molecular formula is C22H24ClN3O3. The number of nitrogens with zero attached hydrogens (tertiary/aromatic N) is 2. The molecule has 3 rings (SSSR count). The van der Waals surface area contributed by atoms with Crippen LogP contribution in [0.25, 0.3) is 0 Å². The first kappa shape index (κ1) is 21.0. The van der Waals surface area contributed by atoms with Crippen LogP contribution in [-0.4, -0.2) is 34.1 Å². The van der Waals surface area contributed by atoms with Crippen molar-refractivity contribution in [3.63, 3.8) is 0 Å². The Hall–Kier alpha value is -2.67. The standard InChI is InChI=1S/C22H24ClN3O3/c1-29-21(14-22(27)25-28)19(13-16-7-9-18(23)10-8-16)20-11-12-24-26(20)15-17-5-3-2-4-6-17/h2-12,19,21,28H,13-15H2,1H3,(H,25,27)/t19-,21-/m1/s1. The molecule has 3 aromatic rings. The lowest BCUT2D eigenvalue weighted by Crippen LogP contribution is -2.32. The van der Waals surface area contributed by atoms with Crippen molar-refractivity contribution in [3.05, 3.63) is 88.7 Å². The van der Waals surface area contributed by atoms with E-state index in [-0.39, 0.29) is 12.3 Å². The van der Waals surface area contributed by atoms with Gasteiger partial charge in [-0.05, 0) is 35.7 Å². The number of carbonyl (C=O) groups excluding carboxylic acids is 1. The van der Waals surface area contributed by atoms with Crippen molar-refractivity contribution < 1.29 is 14.7 Å². The number of benzene rings is 2. The molecule has 0 fully saturated rings. The average molecular weight is 414 g/mol. The van der Waals surface area contributed by atoms with Crippen molar-refractivity contribution >= 4 is 17.5 Å². The van der Waals surface area contributed by atoms with Crippen molar-refractivity contribution in [2.45, 2.75) is 31.4 Å². The number of carbonyl (C=O) groups is 1. The van der Waals surface area contributed by atoms with Gasteiger partial charge in [0.05, 0.1) is 19.1 Å². The fourth-order valence-corrected chi connectivity index (χ4v) is 3.59. The van der Waals surface area contributed by atoms with E-state index in [1.165, 1.54) is 0 Å².